The number of carbonyl (C=O) groups is 1. The van der Waals surface area contributed by atoms with E-state index in [-0.39, 0.29) is 17.1 Å². The third kappa shape index (κ3) is 5.77. The fraction of sp³-hybridized carbons (Fsp3) is 0.318. The van der Waals surface area contributed by atoms with Crippen molar-refractivity contribution in [3.05, 3.63) is 64.9 Å². The van der Waals surface area contributed by atoms with Crippen molar-refractivity contribution in [1.82, 2.24) is 14.8 Å². The van der Waals surface area contributed by atoms with Crippen molar-refractivity contribution in [3.63, 3.8) is 0 Å². The van der Waals surface area contributed by atoms with Crippen LogP contribution in [-0.2, 0) is 23.9 Å². The lowest BCUT2D eigenvalue weighted by molar-refractivity contribution is -0.113. The smallest absolute Gasteiger partial charge is 0.234 e. The third-order valence-corrected chi connectivity index (χ3v) is 5.84. The fourth-order valence-corrected chi connectivity index (χ4v) is 3.59. The molecule has 1 N–H and O–H groups in total. The van der Waals surface area contributed by atoms with Gasteiger partial charge in [0.25, 0.3) is 0 Å². The number of benzene rings is 2. The van der Waals surface area contributed by atoms with Gasteiger partial charge in [-0.1, -0.05) is 68.4 Å². The topological polar surface area (TPSA) is 69.0 Å². The van der Waals surface area contributed by atoms with Crippen molar-refractivity contribution < 1.29 is 9.53 Å². The lowest BCUT2D eigenvalue weighted by Crippen LogP contribution is -2.14. The number of carbonyl (C=O) groups excluding carboxylic acids is 1. The highest BCUT2D eigenvalue weighted by Gasteiger charge is 2.15. The summed E-state index contributed by atoms with van der Waals surface area (Å²) in [7, 11) is 1.86. The molecule has 1 heterocycles. The fourth-order valence-electron chi connectivity index (χ4n) is 2.67. The van der Waals surface area contributed by atoms with Crippen molar-refractivity contribution in [1.29, 1.82) is 0 Å². The van der Waals surface area contributed by atoms with Gasteiger partial charge in [0.05, 0.1) is 16.5 Å². The average molecular weight is 445 g/mol. The predicted molar refractivity (Wildman–Crippen MR) is 121 cm³/mol. The van der Waals surface area contributed by atoms with Gasteiger partial charge in [-0.3, -0.25) is 4.79 Å². The Kier molecular flexibility index (Phi) is 7.05. The summed E-state index contributed by atoms with van der Waals surface area (Å²) in [6, 6.07) is 15.2. The Morgan fingerprint density at radius 3 is 2.50 bits per heavy atom. The monoisotopic (exact) mass is 444 g/mol. The van der Waals surface area contributed by atoms with E-state index in [0.29, 0.717) is 28.3 Å². The molecule has 0 spiro atoms. The van der Waals surface area contributed by atoms with Crippen LogP contribution in [0.1, 0.15) is 32.2 Å². The summed E-state index contributed by atoms with van der Waals surface area (Å²) in [6.07, 6.45) is 0. The molecule has 1 amide bonds. The molecule has 0 bridgehead atoms. The molecule has 0 aliphatic carbocycles. The molecule has 0 saturated heterocycles. The number of thioether (sulfide) groups is 1. The summed E-state index contributed by atoms with van der Waals surface area (Å²) in [5, 5.41) is 12.3. The highest BCUT2D eigenvalue weighted by atomic mass is 35.5. The van der Waals surface area contributed by atoms with E-state index in [1.54, 1.807) is 12.1 Å². The molecule has 0 fully saturated rings. The molecule has 2 aromatic carbocycles. The summed E-state index contributed by atoms with van der Waals surface area (Å²) in [4.78, 5) is 12.2. The van der Waals surface area contributed by atoms with Gasteiger partial charge in [0.2, 0.25) is 5.91 Å². The van der Waals surface area contributed by atoms with Crippen LogP contribution in [0.25, 0.3) is 0 Å². The zero-order valence-corrected chi connectivity index (χ0v) is 19.0. The number of nitrogens with zero attached hydrogens (tertiary/aromatic N) is 3. The molecule has 158 valence electrons. The molecule has 0 unspecified atom stereocenters. The SMILES string of the molecule is Cn1c(COc2ccc(C(C)(C)C)cc2)nnc1SCC(=O)Nc1ccccc1Cl. The van der Waals surface area contributed by atoms with Gasteiger partial charge >= 0.3 is 0 Å². The van der Waals surface area contributed by atoms with Crippen LogP contribution in [0.15, 0.2) is 53.7 Å². The van der Waals surface area contributed by atoms with Crippen LogP contribution in [0.3, 0.4) is 0 Å². The molecular formula is C22H25ClN4O2S. The van der Waals surface area contributed by atoms with Crippen LogP contribution < -0.4 is 10.1 Å². The number of hydrogen-bond acceptors (Lipinski definition) is 5. The number of aromatic nitrogens is 3. The molecule has 1 aromatic heterocycles. The van der Waals surface area contributed by atoms with E-state index in [4.69, 9.17) is 16.3 Å². The third-order valence-electron chi connectivity index (χ3n) is 4.49. The minimum Gasteiger partial charge on any atom is -0.486 e. The number of anilines is 1. The van der Waals surface area contributed by atoms with Crippen LogP contribution in [0.5, 0.6) is 5.75 Å². The maximum atomic E-state index is 12.2. The molecule has 0 radical (unpaired) electrons. The highest BCUT2D eigenvalue weighted by Crippen LogP contribution is 2.25. The second kappa shape index (κ2) is 9.53. The molecule has 0 saturated carbocycles. The number of hydrogen-bond donors (Lipinski definition) is 1. The lowest BCUT2D eigenvalue weighted by atomic mass is 9.87. The van der Waals surface area contributed by atoms with Crippen LogP contribution in [-0.4, -0.2) is 26.4 Å². The van der Waals surface area contributed by atoms with Crippen LogP contribution in [0.2, 0.25) is 5.02 Å². The van der Waals surface area contributed by atoms with Gasteiger partial charge in [-0.05, 0) is 35.2 Å². The van der Waals surface area contributed by atoms with Crippen molar-refractivity contribution >= 4 is 35.0 Å². The molecule has 0 aliphatic rings. The summed E-state index contributed by atoms with van der Waals surface area (Å²) in [5.74, 6) is 1.50. The van der Waals surface area contributed by atoms with E-state index in [1.807, 2.05) is 35.9 Å². The number of para-hydroxylation sites is 1. The Morgan fingerprint density at radius 2 is 1.83 bits per heavy atom. The first-order valence-electron chi connectivity index (χ1n) is 9.53. The maximum absolute atomic E-state index is 12.2. The molecule has 3 aromatic rings. The average Bonchev–Trinajstić information content (AvgIpc) is 3.06. The molecule has 30 heavy (non-hydrogen) atoms. The van der Waals surface area contributed by atoms with Crippen LogP contribution in [0, 0.1) is 0 Å². The Labute approximate surface area is 186 Å². The summed E-state index contributed by atoms with van der Waals surface area (Å²) >= 11 is 7.37. The Hall–Kier alpha value is -2.51. The zero-order chi connectivity index (χ0) is 21.7. The number of nitrogens with one attached hydrogen (secondary N) is 1. The maximum Gasteiger partial charge on any atom is 0.234 e. The van der Waals surface area contributed by atoms with Gasteiger partial charge in [0.15, 0.2) is 11.0 Å². The number of ether oxygens (including phenoxy) is 1. The van der Waals surface area contributed by atoms with Gasteiger partial charge in [-0.2, -0.15) is 0 Å². The molecule has 3 rings (SSSR count). The van der Waals surface area contributed by atoms with E-state index in [2.05, 4.69) is 48.4 Å². The Bertz CT molecular complexity index is 1010. The van der Waals surface area contributed by atoms with E-state index in [0.717, 1.165) is 5.75 Å². The summed E-state index contributed by atoms with van der Waals surface area (Å²) in [5.41, 5.74) is 1.95. The Balaban J connectivity index is 1.53. The lowest BCUT2D eigenvalue weighted by Gasteiger charge is -2.19. The van der Waals surface area contributed by atoms with Gasteiger partial charge in [0.1, 0.15) is 12.4 Å². The summed E-state index contributed by atoms with van der Waals surface area (Å²) in [6.45, 7) is 6.83. The zero-order valence-electron chi connectivity index (χ0n) is 17.5. The van der Waals surface area contributed by atoms with Crippen molar-refractivity contribution in [2.45, 2.75) is 37.9 Å². The minimum atomic E-state index is -0.159. The van der Waals surface area contributed by atoms with E-state index in [9.17, 15) is 4.79 Å². The number of halogens is 1. The quantitative estimate of drug-likeness (QED) is 0.515. The normalized spacial score (nSPS) is 11.4. The first-order valence-corrected chi connectivity index (χ1v) is 10.9. The number of rotatable bonds is 7. The molecule has 8 heteroatoms. The second-order valence-electron chi connectivity index (χ2n) is 7.84. The van der Waals surface area contributed by atoms with E-state index < -0.39 is 0 Å². The van der Waals surface area contributed by atoms with Crippen molar-refractivity contribution in [2.75, 3.05) is 11.1 Å². The summed E-state index contributed by atoms with van der Waals surface area (Å²) < 4.78 is 7.68. The molecule has 0 aliphatic heterocycles. The van der Waals surface area contributed by atoms with Gasteiger partial charge in [0, 0.05) is 7.05 Å². The standard InChI is InChI=1S/C22H25ClN4O2S/c1-22(2,3)15-9-11-16(12-10-15)29-13-19-25-26-21(27(19)4)30-14-20(28)24-18-8-6-5-7-17(18)23/h5-12H,13-14H2,1-4H3,(H,24,28). The van der Waals surface area contributed by atoms with Crippen molar-refractivity contribution in [3.8, 4) is 5.75 Å². The van der Waals surface area contributed by atoms with Gasteiger partial charge in [-0.25, -0.2) is 0 Å². The highest BCUT2D eigenvalue weighted by molar-refractivity contribution is 7.99. The first-order chi connectivity index (χ1) is 14.2. The molecular weight excluding hydrogens is 420 g/mol. The van der Waals surface area contributed by atoms with E-state index in [1.165, 1.54) is 17.3 Å². The molecule has 0 atom stereocenters. The van der Waals surface area contributed by atoms with Gasteiger partial charge < -0.3 is 14.6 Å². The predicted octanol–water partition coefficient (Wildman–Crippen LogP) is 5.08. The van der Waals surface area contributed by atoms with Crippen LogP contribution >= 0.6 is 23.4 Å². The largest absolute Gasteiger partial charge is 0.486 e. The van der Waals surface area contributed by atoms with Crippen LogP contribution in [0.4, 0.5) is 5.69 Å². The Morgan fingerprint density at radius 1 is 1.13 bits per heavy atom. The number of amides is 1. The first kappa shape index (κ1) is 22.2. The van der Waals surface area contributed by atoms with Gasteiger partial charge in [-0.15, -0.1) is 10.2 Å². The molecule has 6 nitrogen and oxygen atoms in total. The van der Waals surface area contributed by atoms with Crippen molar-refractivity contribution in [2.24, 2.45) is 7.05 Å². The minimum absolute atomic E-state index is 0.104. The second-order valence-corrected chi connectivity index (χ2v) is 9.19. The van der Waals surface area contributed by atoms with E-state index >= 15 is 0 Å².